The molecule has 1 atom stereocenters. The maximum Gasteiger partial charge on any atom is 0.146 e. The number of aromatic nitrogens is 2. The third-order valence-corrected chi connectivity index (χ3v) is 4.58. The largest absolute Gasteiger partial charge is 0.383 e. The normalized spacial score (nSPS) is 31.5. The van der Waals surface area contributed by atoms with Crippen LogP contribution in [0.1, 0.15) is 12.8 Å². The summed E-state index contributed by atoms with van der Waals surface area (Å²) in [5.74, 6) is 2.07. The maximum absolute atomic E-state index is 5.75. The molecule has 6 heteroatoms. The van der Waals surface area contributed by atoms with E-state index in [2.05, 4.69) is 36.1 Å². The number of nitrogen functional groups attached to an aromatic ring is 1. The van der Waals surface area contributed by atoms with Crippen LogP contribution in [0.5, 0.6) is 0 Å². The Morgan fingerprint density at radius 2 is 2.12 bits per heavy atom. The smallest absolute Gasteiger partial charge is 0.146 e. The van der Waals surface area contributed by atoms with Crippen molar-refractivity contribution in [1.29, 1.82) is 0 Å². The molecule has 4 heterocycles. The van der Waals surface area contributed by atoms with Crippen molar-refractivity contribution < 1.29 is 0 Å². The van der Waals surface area contributed by atoms with Crippen molar-refractivity contribution in [3.8, 4) is 0 Å². The van der Waals surface area contributed by atoms with Crippen LogP contribution in [-0.4, -0.2) is 40.5 Å². The molecule has 1 unspecified atom stereocenters. The molecule has 0 aliphatic carbocycles. The van der Waals surface area contributed by atoms with Gasteiger partial charge in [0.1, 0.15) is 22.4 Å². The number of hydrogen-bond donors (Lipinski definition) is 2. The highest BCUT2D eigenvalue weighted by molar-refractivity contribution is 9.10. The van der Waals surface area contributed by atoms with E-state index in [1.54, 1.807) is 0 Å². The van der Waals surface area contributed by atoms with Gasteiger partial charge in [-0.15, -0.1) is 0 Å². The lowest BCUT2D eigenvalue weighted by molar-refractivity contribution is 0.0973. The van der Waals surface area contributed by atoms with E-state index in [9.17, 15) is 0 Å². The predicted molar refractivity (Wildman–Crippen MR) is 70.7 cm³/mol. The number of rotatable bonds is 2. The first-order valence-corrected chi connectivity index (χ1v) is 6.78. The first kappa shape index (κ1) is 11.2. The van der Waals surface area contributed by atoms with Gasteiger partial charge < -0.3 is 16.0 Å². The summed E-state index contributed by atoms with van der Waals surface area (Å²) in [6.45, 7) is 3.60. The summed E-state index contributed by atoms with van der Waals surface area (Å²) < 4.78 is 0.774. The molecule has 3 saturated heterocycles. The highest BCUT2D eigenvalue weighted by Crippen LogP contribution is 2.31. The number of piperidine rings is 3. The zero-order chi connectivity index (χ0) is 11.8. The molecule has 92 valence electrons. The van der Waals surface area contributed by atoms with Crippen LogP contribution in [0, 0.1) is 5.92 Å². The van der Waals surface area contributed by atoms with E-state index in [1.807, 2.05) is 0 Å². The Kier molecular flexibility index (Phi) is 2.92. The van der Waals surface area contributed by atoms with Crippen LogP contribution in [0.2, 0.25) is 0 Å². The molecular formula is C11H16BrN5. The molecule has 3 aliphatic rings. The molecule has 0 radical (unpaired) electrons. The highest BCUT2D eigenvalue weighted by atomic mass is 79.9. The monoisotopic (exact) mass is 297 g/mol. The van der Waals surface area contributed by atoms with Crippen molar-refractivity contribution in [3.63, 3.8) is 0 Å². The molecule has 1 aromatic heterocycles. The first-order valence-electron chi connectivity index (χ1n) is 5.99. The second kappa shape index (κ2) is 4.42. The number of fused-ring (bicyclic) bond motifs is 3. The van der Waals surface area contributed by atoms with Gasteiger partial charge in [-0.2, -0.15) is 0 Å². The zero-order valence-electron chi connectivity index (χ0n) is 9.56. The lowest BCUT2D eigenvalue weighted by Crippen LogP contribution is -2.53. The first-order chi connectivity index (χ1) is 8.24. The van der Waals surface area contributed by atoms with Crippen molar-refractivity contribution in [2.45, 2.75) is 18.9 Å². The van der Waals surface area contributed by atoms with Gasteiger partial charge in [0.15, 0.2) is 0 Å². The van der Waals surface area contributed by atoms with Crippen molar-refractivity contribution >= 4 is 27.6 Å². The summed E-state index contributed by atoms with van der Waals surface area (Å²) in [5, 5.41) is 3.50. The molecule has 5 nitrogen and oxygen atoms in total. The zero-order valence-corrected chi connectivity index (χ0v) is 11.2. The Hall–Kier alpha value is -0.880. The molecule has 3 aliphatic heterocycles. The van der Waals surface area contributed by atoms with Gasteiger partial charge >= 0.3 is 0 Å². The number of hydrogen-bond acceptors (Lipinski definition) is 5. The Balaban J connectivity index is 1.76. The molecule has 0 saturated carbocycles. The van der Waals surface area contributed by atoms with Crippen LogP contribution in [-0.2, 0) is 0 Å². The Labute approximate surface area is 109 Å². The molecule has 0 spiro atoms. The van der Waals surface area contributed by atoms with Crippen molar-refractivity contribution in [2.75, 3.05) is 30.7 Å². The molecule has 0 aromatic carbocycles. The number of anilines is 2. The van der Waals surface area contributed by atoms with Crippen LogP contribution in [0.4, 0.5) is 11.6 Å². The van der Waals surface area contributed by atoms with Gasteiger partial charge in [0, 0.05) is 12.6 Å². The van der Waals surface area contributed by atoms with E-state index in [1.165, 1.54) is 32.3 Å². The number of halogens is 1. The van der Waals surface area contributed by atoms with Crippen LogP contribution < -0.4 is 11.1 Å². The minimum atomic E-state index is 0.489. The lowest BCUT2D eigenvalue weighted by Gasteiger charge is -2.45. The molecule has 3 fully saturated rings. The molecule has 4 rings (SSSR count). The number of nitrogens with one attached hydrogen (secondary N) is 1. The predicted octanol–water partition coefficient (Wildman–Crippen LogP) is 1.33. The van der Waals surface area contributed by atoms with E-state index < -0.39 is 0 Å². The van der Waals surface area contributed by atoms with Gasteiger partial charge in [-0.3, -0.25) is 0 Å². The quantitative estimate of drug-likeness (QED) is 0.862. The Bertz CT molecular complexity index is 416. The summed E-state index contributed by atoms with van der Waals surface area (Å²) in [4.78, 5) is 10.7. The molecule has 2 bridgehead atoms. The minimum absolute atomic E-state index is 0.489. The fourth-order valence-corrected chi connectivity index (χ4v) is 3.11. The molecular weight excluding hydrogens is 282 g/mol. The van der Waals surface area contributed by atoms with E-state index >= 15 is 0 Å². The lowest BCUT2D eigenvalue weighted by atomic mass is 9.84. The van der Waals surface area contributed by atoms with Gasteiger partial charge in [0.05, 0.1) is 0 Å². The van der Waals surface area contributed by atoms with Gasteiger partial charge in [0.2, 0.25) is 0 Å². The summed E-state index contributed by atoms with van der Waals surface area (Å²) in [6.07, 6.45) is 4.08. The summed E-state index contributed by atoms with van der Waals surface area (Å²) in [5.41, 5.74) is 5.75. The fraction of sp³-hybridized carbons (Fsp3) is 0.636. The third-order valence-electron chi connectivity index (χ3n) is 3.79. The molecule has 1 aromatic rings. The van der Waals surface area contributed by atoms with Crippen LogP contribution in [0.25, 0.3) is 0 Å². The minimum Gasteiger partial charge on any atom is -0.383 e. The topological polar surface area (TPSA) is 67.1 Å². The van der Waals surface area contributed by atoms with Crippen molar-refractivity contribution in [3.05, 3.63) is 10.8 Å². The van der Waals surface area contributed by atoms with Gasteiger partial charge in [0.25, 0.3) is 0 Å². The van der Waals surface area contributed by atoms with Crippen molar-refractivity contribution in [1.82, 2.24) is 14.9 Å². The van der Waals surface area contributed by atoms with E-state index in [4.69, 9.17) is 5.73 Å². The van der Waals surface area contributed by atoms with Crippen LogP contribution in [0.3, 0.4) is 0 Å². The third kappa shape index (κ3) is 2.11. The van der Waals surface area contributed by atoms with Crippen LogP contribution >= 0.6 is 15.9 Å². The second-order valence-corrected chi connectivity index (χ2v) is 5.60. The summed E-state index contributed by atoms with van der Waals surface area (Å²) in [7, 11) is 0. The van der Waals surface area contributed by atoms with Crippen LogP contribution in [0.15, 0.2) is 10.8 Å². The molecule has 17 heavy (non-hydrogen) atoms. The number of nitrogens with zero attached hydrogens (tertiary/aromatic N) is 3. The van der Waals surface area contributed by atoms with Gasteiger partial charge in [-0.25, -0.2) is 9.97 Å². The van der Waals surface area contributed by atoms with E-state index in [0.29, 0.717) is 11.9 Å². The maximum atomic E-state index is 5.75. The van der Waals surface area contributed by atoms with Gasteiger partial charge in [-0.05, 0) is 47.8 Å². The van der Waals surface area contributed by atoms with Crippen molar-refractivity contribution in [2.24, 2.45) is 5.92 Å². The SMILES string of the molecule is Nc1ncnc(NC2CN3CCC2CC3)c1Br. The van der Waals surface area contributed by atoms with Gasteiger partial charge in [-0.1, -0.05) is 0 Å². The fourth-order valence-electron chi connectivity index (χ4n) is 2.79. The second-order valence-electron chi connectivity index (χ2n) is 4.81. The standard InChI is InChI=1S/C11H16BrN5/c12-9-10(13)14-6-15-11(9)16-8-5-17-3-1-7(8)2-4-17/h6-8H,1-5H2,(H3,13,14,15,16). The van der Waals surface area contributed by atoms with E-state index in [0.717, 1.165) is 22.8 Å². The highest BCUT2D eigenvalue weighted by Gasteiger charge is 2.34. The molecule has 3 N–H and O–H groups in total. The number of nitrogens with two attached hydrogens (primary N) is 1. The van der Waals surface area contributed by atoms with E-state index in [-0.39, 0.29) is 0 Å². The Morgan fingerprint density at radius 3 is 2.76 bits per heavy atom. The molecule has 0 amide bonds. The Morgan fingerprint density at radius 1 is 1.35 bits per heavy atom. The average Bonchev–Trinajstić information content (AvgIpc) is 2.36. The summed E-state index contributed by atoms with van der Waals surface area (Å²) >= 11 is 3.43. The average molecular weight is 298 g/mol. The summed E-state index contributed by atoms with van der Waals surface area (Å²) in [6, 6.07) is 0.489.